The molecule has 0 saturated heterocycles. The second-order valence-corrected chi connectivity index (χ2v) is 3.66. The summed E-state index contributed by atoms with van der Waals surface area (Å²) in [6.07, 6.45) is 0.801. The van der Waals surface area contributed by atoms with E-state index in [4.69, 9.17) is 11.6 Å². The van der Waals surface area contributed by atoms with Gasteiger partial charge in [-0.1, -0.05) is 30.7 Å². The van der Waals surface area contributed by atoms with Gasteiger partial charge in [-0.2, -0.15) is 4.80 Å². The molecule has 0 radical (unpaired) electrons. The van der Waals surface area contributed by atoms with E-state index in [0.717, 1.165) is 22.8 Å². The van der Waals surface area contributed by atoms with Crippen LogP contribution in [0.2, 0.25) is 5.02 Å². The maximum atomic E-state index is 5.88. The number of hydrogen-bond donors (Lipinski definition) is 0. The lowest BCUT2D eigenvalue weighted by atomic mass is 10.2. The number of rotatable bonds is 3. The van der Waals surface area contributed by atoms with E-state index >= 15 is 0 Å². The third-order valence-corrected chi connectivity index (χ3v) is 2.26. The largest absolute Gasteiger partial charge is 0.174 e. The van der Waals surface area contributed by atoms with Gasteiger partial charge in [0.15, 0.2) is 5.82 Å². The fraction of sp³-hybridized carbons (Fsp3) is 0.300. The van der Waals surface area contributed by atoms with Crippen LogP contribution in [0.1, 0.15) is 18.3 Å². The Morgan fingerprint density at radius 2 is 2.27 bits per heavy atom. The van der Waals surface area contributed by atoms with Gasteiger partial charge in [0.25, 0.3) is 0 Å². The van der Waals surface area contributed by atoms with Crippen molar-refractivity contribution in [2.75, 3.05) is 0 Å². The van der Waals surface area contributed by atoms with Crippen molar-refractivity contribution in [3.05, 3.63) is 40.7 Å². The quantitative estimate of drug-likeness (QED) is 0.797. The summed E-state index contributed by atoms with van der Waals surface area (Å²) in [6, 6.07) is 7.64. The fourth-order valence-electron chi connectivity index (χ4n) is 1.28. The summed E-state index contributed by atoms with van der Waals surface area (Å²) in [5, 5.41) is 12.8. The molecule has 0 fully saturated rings. The van der Waals surface area contributed by atoms with Crippen LogP contribution in [0.3, 0.4) is 0 Å². The van der Waals surface area contributed by atoms with Crippen LogP contribution in [0.25, 0.3) is 0 Å². The minimum absolute atomic E-state index is 0.605. The minimum atomic E-state index is 0.605. The molecule has 0 aliphatic rings. The first-order valence-corrected chi connectivity index (χ1v) is 5.17. The highest BCUT2D eigenvalue weighted by Gasteiger charge is 2.01. The van der Waals surface area contributed by atoms with Crippen molar-refractivity contribution in [3.63, 3.8) is 0 Å². The van der Waals surface area contributed by atoms with E-state index in [2.05, 4.69) is 15.4 Å². The average molecular weight is 223 g/mol. The highest BCUT2D eigenvalue weighted by molar-refractivity contribution is 6.30. The Morgan fingerprint density at radius 1 is 1.40 bits per heavy atom. The lowest BCUT2D eigenvalue weighted by Crippen LogP contribution is -2.04. The van der Waals surface area contributed by atoms with E-state index < -0.39 is 0 Å². The van der Waals surface area contributed by atoms with Gasteiger partial charge in [-0.3, -0.25) is 0 Å². The summed E-state index contributed by atoms with van der Waals surface area (Å²) in [7, 11) is 0. The van der Waals surface area contributed by atoms with E-state index in [1.54, 1.807) is 4.80 Å². The fourth-order valence-corrected chi connectivity index (χ4v) is 1.50. The molecule has 0 bridgehead atoms. The van der Waals surface area contributed by atoms with Gasteiger partial charge in [0.1, 0.15) is 0 Å². The molecule has 15 heavy (non-hydrogen) atoms. The monoisotopic (exact) mass is 222 g/mol. The summed E-state index contributed by atoms with van der Waals surface area (Å²) in [5.41, 5.74) is 1.07. The Labute approximate surface area is 92.9 Å². The molecule has 2 rings (SSSR count). The molecule has 0 aliphatic carbocycles. The molecular weight excluding hydrogens is 212 g/mol. The van der Waals surface area contributed by atoms with Crippen molar-refractivity contribution in [1.82, 2.24) is 20.2 Å². The number of aryl methyl sites for hydroxylation is 1. The van der Waals surface area contributed by atoms with E-state index in [0.29, 0.717) is 6.54 Å². The van der Waals surface area contributed by atoms with Crippen molar-refractivity contribution >= 4 is 11.6 Å². The molecule has 0 saturated carbocycles. The van der Waals surface area contributed by atoms with Crippen LogP contribution in [0.5, 0.6) is 0 Å². The standard InChI is InChI=1S/C10H11ClN4/c1-2-10-12-14-15(13-10)7-8-4-3-5-9(11)6-8/h3-6H,2,7H2,1H3. The molecule has 2 aromatic rings. The first-order chi connectivity index (χ1) is 7.28. The summed E-state index contributed by atoms with van der Waals surface area (Å²) < 4.78 is 0. The first-order valence-electron chi connectivity index (χ1n) is 4.79. The van der Waals surface area contributed by atoms with Crippen LogP contribution in [0.15, 0.2) is 24.3 Å². The van der Waals surface area contributed by atoms with E-state index in [1.807, 2.05) is 31.2 Å². The molecule has 0 N–H and O–H groups in total. The molecule has 0 spiro atoms. The second kappa shape index (κ2) is 4.40. The van der Waals surface area contributed by atoms with Crippen LogP contribution in [-0.2, 0) is 13.0 Å². The molecule has 0 amide bonds. The van der Waals surface area contributed by atoms with E-state index in [-0.39, 0.29) is 0 Å². The predicted molar refractivity (Wildman–Crippen MR) is 57.7 cm³/mol. The number of tetrazole rings is 1. The maximum absolute atomic E-state index is 5.88. The van der Waals surface area contributed by atoms with Gasteiger partial charge in [0, 0.05) is 11.4 Å². The Kier molecular flexibility index (Phi) is 2.97. The second-order valence-electron chi connectivity index (χ2n) is 3.22. The number of nitrogens with zero attached hydrogens (tertiary/aromatic N) is 4. The maximum Gasteiger partial charge on any atom is 0.174 e. The van der Waals surface area contributed by atoms with Gasteiger partial charge >= 0.3 is 0 Å². The minimum Gasteiger partial charge on any atom is -0.160 e. The zero-order chi connectivity index (χ0) is 10.7. The average Bonchev–Trinajstić information content (AvgIpc) is 2.65. The van der Waals surface area contributed by atoms with Crippen molar-refractivity contribution in [3.8, 4) is 0 Å². The normalized spacial score (nSPS) is 10.5. The van der Waals surface area contributed by atoms with Gasteiger partial charge in [0.2, 0.25) is 0 Å². The van der Waals surface area contributed by atoms with Crippen LogP contribution in [-0.4, -0.2) is 20.2 Å². The number of hydrogen-bond acceptors (Lipinski definition) is 3. The van der Waals surface area contributed by atoms with Crippen molar-refractivity contribution in [2.45, 2.75) is 19.9 Å². The SMILES string of the molecule is CCc1nnn(Cc2cccc(Cl)c2)n1. The molecule has 1 heterocycles. The van der Waals surface area contributed by atoms with Gasteiger partial charge in [-0.05, 0) is 22.9 Å². The van der Waals surface area contributed by atoms with Gasteiger partial charge < -0.3 is 0 Å². The van der Waals surface area contributed by atoms with Crippen molar-refractivity contribution < 1.29 is 0 Å². The van der Waals surface area contributed by atoms with Crippen LogP contribution >= 0.6 is 11.6 Å². The highest BCUT2D eigenvalue weighted by Crippen LogP contribution is 2.10. The lowest BCUT2D eigenvalue weighted by molar-refractivity contribution is 0.570. The summed E-state index contributed by atoms with van der Waals surface area (Å²) >= 11 is 5.88. The number of halogens is 1. The smallest absolute Gasteiger partial charge is 0.160 e. The molecule has 1 aromatic heterocycles. The van der Waals surface area contributed by atoms with E-state index in [9.17, 15) is 0 Å². The molecule has 0 atom stereocenters. The molecule has 78 valence electrons. The van der Waals surface area contributed by atoms with Gasteiger partial charge in [-0.25, -0.2) is 0 Å². The van der Waals surface area contributed by atoms with Crippen LogP contribution in [0, 0.1) is 0 Å². The third kappa shape index (κ3) is 2.53. The number of aromatic nitrogens is 4. The van der Waals surface area contributed by atoms with Crippen molar-refractivity contribution in [2.24, 2.45) is 0 Å². The van der Waals surface area contributed by atoms with Gasteiger partial charge in [0.05, 0.1) is 6.54 Å². The van der Waals surface area contributed by atoms with Crippen molar-refractivity contribution in [1.29, 1.82) is 0 Å². The summed E-state index contributed by atoms with van der Waals surface area (Å²) in [5.74, 6) is 0.761. The molecule has 0 unspecified atom stereocenters. The Morgan fingerprint density at radius 3 is 2.93 bits per heavy atom. The Hall–Kier alpha value is -1.42. The zero-order valence-corrected chi connectivity index (χ0v) is 9.15. The molecular formula is C10H11ClN4. The summed E-state index contributed by atoms with van der Waals surface area (Å²) in [6.45, 7) is 2.61. The third-order valence-electron chi connectivity index (χ3n) is 2.02. The van der Waals surface area contributed by atoms with Crippen LogP contribution < -0.4 is 0 Å². The first kappa shape index (κ1) is 10.1. The molecule has 0 aliphatic heterocycles. The van der Waals surface area contributed by atoms with Crippen LogP contribution in [0.4, 0.5) is 0 Å². The molecule has 4 nitrogen and oxygen atoms in total. The van der Waals surface area contributed by atoms with E-state index in [1.165, 1.54) is 0 Å². The Bertz CT molecular complexity index is 452. The van der Waals surface area contributed by atoms with Gasteiger partial charge in [-0.15, -0.1) is 10.2 Å². The molecule has 1 aromatic carbocycles. The Balaban J connectivity index is 2.14. The zero-order valence-electron chi connectivity index (χ0n) is 8.39. The lowest BCUT2D eigenvalue weighted by Gasteiger charge is -1.99. The topological polar surface area (TPSA) is 43.6 Å². The highest BCUT2D eigenvalue weighted by atomic mass is 35.5. The summed E-state index contributed by atoms with van der Waals surface area (Å²) in [4.78, 5) is 1.57. The number of benzene rings is 1. The molecule has 5 heteroatoms. The predicted octanol–water partition coefficient (Wildman–Crippen LogP) is 1.94.